The second-order valence-corrected chi connectivity index (χ2v) is 5.75. The van der Waals surface area contributed by atoms with Crippen molar-refractivity contribution < 1.29 is 19.1 Å². The Kier molecular flexibility index (Phi) is 6.54. The Balaban J connectivity index is 1.84. The van der Waals surface area contributed by atoms with Crippen molar-refractivity contribution >= 4 is 17.4 Å². The van der Waals surface area contributed by atoms with Gasteiger partial charge in [-0.3, -0.25) is 9.59 Å². The molecule has 0 saturated carbocycles. The summed E-state index contributed by atoms with van der Waals surface area (Å²) in [5.41, 5.74) is 1.23. The number of rotatable bonds is 8. The van der Waals surface area contributed by atoms with E-state index in [9.17, 15) is 9.59 Å². The predicted octanol–water partition coefficient (Wildman–Crippen LogP) is 2.46. The number of Topliss-reactive ketones (excluding diaryl/α,β-unsaturated/α-hetero) is 1. The third-order valence-electron chi connectivity index (χ3n) is 3.38. The maximum absolute atomic E-state index is 11.9. The quantitative estimate of drug-likeness (QED) is 0.747. The number of carbonyl (C=O) groups is 2. The number of benzene rings is 2. The average Bonchev–Trinajstić information content (AvgIpc) is 2.60. The molecule has 2 rings (SSSR count). The van der Waals surface area contributed by atoms with Gasteiger partial charge in [-0.2, -0.15) is 0 Å². The summed E-state index contributed by atoms with van der Waals surface area (Å²) >= 11 is 0. The van der Waals surface area contributed by atoms with E-state index in [0.717, 1.165) is 5.75 Å². The molecule has 0 aliphatic heterocycles. The van der Waals surface area contributed by atoms with Gasteiger partial charge in [0.1, 0.15) is 11.5 Å². The number of carbonyl (C=O) groups excluding carboxylic acids is 2. The Morgan fingerprint density at radius 2 is 1.56 bits per heavy atom. The van der Waals surface area contributed by atoms with Crippen molar-refractivity contribution in [2.24, 2.45) is 0 Å². The number of hydrogen-bond acceptors (Lipinski definition) is 5. The largest absolute Gasteiger partial charge is 0.497 e. The fourth-order valence-electron chi connectivity index (χ4n) is 2.14. The van der Waals surface area contributed by atoms with Gasteiger partial charge in [-0.25, -0.2) is 0 Å². The van der Waals surface area contributed by atoms with E-state index >= 15 is 0 Å². The molecule has 0 unspecified atom stereocenters. The van der Waals surface area contributed by atoms with Crippen LogP contribution in [-0.4, -0.2) is 50.9 Å². The zero-order valence-electron chi connectivity index (χ0n) is 14.6. The number of nitrogens with zero attached hydrogens (tertiary/aromatic N) is 1. The smallest absolute Gasteiger partial charge is 0.262 e. The van der Waals surface area contributed by atoms with Crippen LogP contribution >= 0.6 is 0 Å². The number of hydrogen-bond donors (Lipinski definition) is 1. The number of methoxy groups -OCH3 is 1. The van der Waals surface area contributed by atoms with Crippen molar-refractivity contribution in [2.75, 3.05) is 39.7 Å². The van der Waals surface area contributed by atoms with Gasteiger partial charge in [0.25, 0.3) is 5.91 Å². The molecular formula is C19H22N2O4. The number of nitrogens with one attached hydrogen (secondary N) is 1. The van der Waals surface area contributed by atoms with Crippen molar-refractivity contribution in [3.8, 4) is 11.5 Å². The van der Waals surface area contributed by atoms with Crippen LogP contribution in [0.15, 0.2) is 48.5 Å². The molecule has 132 valence electrons. The molecule has 6 heteroatoms. The van der Waals surface area contributed by atoms with Crippen LogP contribution < -0.4 is 14.8 Å². The summed E-state index contributed by atoms with van der Waals surface area (Å²) in [7, 11) is 5.27. The summed E-state index contributed by atoms with van der Waals surface area (Å²) in [6, 6.07) is 13.8. The zero-order valence-corrected chi connectivity index (χ0v) is 14.6. The van der Waals surface area contributed by atoms with Crippen molar-refractivity contribution in [1.82, 2.24) is 4.90 Å². The lowest BCUT2D eigenvalue weighted by molar-refractivity contribution is -0.118. The third kappa shape index (κ3) is 5.93. The van der Waals surface area contributed by atoms with E-state index in [1.807, 2.05) is 19.0 Å². The molecule has 0 atom stereocenters. The van der Waals surface area contributed by atoms with Gasteiger partial charge in [0.05, 0.1) is 13.7 Å². The summed E-state index contributed by atoms with van der Waals surface area (Å²) in [5.74, 6) is 1.06. The molecule has 0 aromatic heterocycles. The lowest BCUT2D eigenvalue weighted by atomic mass is 10.1. The Morgan fingerprint density at radius 3 is 2.12 bits per heavy atom. The fraction of sp³-hybridized carbons (Fsp3) is 0.263. The van der Waals surface area contributed by atoms with Gasteiger partial charge in [-0.05, 0) is 62.6 Å². The molecule has 0 fully saturated rings. The average molecular weight is 342 g/mol. The maximum Gasteiger partial charge on any atom is 0.262 e. The number of ether oxygens (including phenoxy) is 2. The minimum absolute atomic E-state index is 0.0331. The number of anilines is 1. The molecule has 0 heterocycles. The van der Waals surface area contributed by atoms with E-state index in [2.05, 4.69) is 5.32 Å². The van der Waals surface area contributed by atoms with Gasteiger partial charge in [-0.15, -0.1) is 0 Å². The van der Waals surface area contributed by atoms with Gasteiger partial charge in [0.2, 0.25) is 0 Å². The second kappa shape index (κ2) is 8.84. The fourth-order valence-corrected chi connectivity index (χ4v) is 2.14. The lowest BCUT2D eigenvalue weighted by Gasteiger charge is -2.10. The van der Waals surface area contributed by atoms with Crippen LogP contribution in [-0.2, 0) is 4.79 Å². The van der Waals surface area contributed by atoms with Crippen LogP contribution in [0.25, 0.3) is 0 Å². The minimum atomic E-state index is -0.275. The Labute approximate surface area is 147 Å². The predicted molar refractivity (Wildman–Crippen MR) is 96.4 cm³/mol. The molecule has 2 aromatic carbocycles. The Morgan fingerprint density at radius 1 is 0.960 bits per heavy atom. The number of ketones is 1. The topological polar surface area (TPSA) is 67.9 Å². The minimum Gasteiger partial charge on any atom is -0.497 e. The molecule has 0 aliphatic carbocycles. The third-order valence-corrected chi connectivity index (χ3v) is 3.38. The van der Waals surface area contributed by atoms with Crippen molar-refractivity contribution in [1.29, 1.82) is 0 Å². The van der Waals surface area contributed by atoms with Crippen LogP contribution in [0.1, 0.15) is 10.4 Å². The summed E-state index contributed by atoms with van der Waals surface area (Å²) in [6.45, 7) is 0.245. The monoisotopic (exact) mass is 342 g/mol. The highest BCUT2D eigenvalue weighted by molar-refractivity contribution is 5.98. The molecule has 0 bridgehead atoms. The van der Waals surface area contributed by atoms with E-state index in [0.29, 0.717) is 23.5 Å². The molecule has 25 heavy (non-hydrogen) atoms. The summed E-state index contributed by atoms with van der Waals surface area (Å²) in [6.07, 6.45) is 0. The highest BCUT2D eigenvalue weighted by Crippen LogP contribution is 2.17. The van der Waals surface area contributed by atoms with Crippen molar-refractivity contribution in [2.45, 2.75) is 0 Å². The maximum atomic E-state index is 11.9. The molecule has 0 aliphatic rings. The number of amides is 1. The highest BCUT2D eigenvalue weighted by atomic mass is 16.5. The molecule has 1 N–H and O–H groups in total. The van der Waals surface area contributed by atoms with E-state index in [1.165, 1.54) is 0 Å². The first-order valence-corrected chi connectivity index (χ1v) is 7.82. The van der Waals surface area contributed by atoms with Crippen LogP contribution in [0.5, 0.6) is 11.5 Å². The standard InChI is InChI=1S/C19H22N2O4/c1-21(2)12-18(22)14-4-6-15(7-5-14)20-19(23)13-25-17-10-8-16(24-3)9-11-17/h4-11H,12-13H2,1-3H3,(H,20,23). The molecule has 0 saturated heterocycles. The first kappa shape index (κ1) is 18.5. The van der Waals surface area contributed by atoms with Gasteiger partial charge >= 0.3 is 0 Å². The van der Waals surface area contributed by atoms with Crippen LogP contribution in [0.2, 0.25) is 0 Å². The SMILES string of the molecule is COc1ccc(OCC(=O)Nc2ccc(C(=O)CN(C)C)cc2)cc1. The lowest BCUT2D eigenvalue weighted by Crippen LogP contribution is -2.22. The van der Waals surface area contributed by atoms with Crippen molar-refractivity contribution in [3.05, 3.63) is 54.1 Å². The van der Waals surface area contributed by atoms with Crippen LogP contribution in [0, 0.1) is 0 Å². The van der Waals surface area contributed by atoms with Crippen molar-refractivity contribution in [3.63, 3.8) is 0 Å². The summed E-state index contributed by atoms with van der Waals surface area (Å²) < 4.78 is 10.5. The molecule has 2 aromatic rings. The Bertz CT molecular complexity index is 709. The number of likely N-dealkylation sites (N-methyl/N-ethyl adjacent to an activating group) is 1. The molecule has 0 radical (unpaired) electrons. The van der Waals surface area contributed by atoms with Gasteiger partial charge in [0, 0.05) is 11.3 Å². The van der Waals surface area contributed by atoms with Crippen LogP contribution in [0.4, 0.5) is 5.69 Å². The molecule has 1 amide bonds. The first-order chi connectivity index (χ1) is 12.0. The van der Waals surface area contributed by atoms with Crippen LogP contribution in [0.3, 0.4) is 0 Å². The normalized spacial score (nSPS) is 10.4. The van der Waals surface area contributed by atoms with E-state index < -0.39 is 0 Å². The van der Waals surface area contributed by atoms with E-state index in [1.54, 1.807) is 55.6 Å². The summed E-state index contributed by atoms with van der Waals surface area (Å²) in [5, 5.41) is 2.73. The zero-order chi connectivity index (χ0) is 18.2. The molecular weight excluding hydrogens is 320 g/mol. The Hall–Kier alpha value is -2.86. The van der Waals surface area contributed by atoms with E-state index in [-0.39, 0.29) is 18.3 Å². The van der Waals surface area contributed by atoms with Gasteiger partial charge in [0.15, 0.2) is 12.4 Å². The van der Waals surface area contributed by atoms with E-state index in [4.69, 9.17) is 9.47 Å². The second-order valence-electron chi connectivity index (χ2n) is 5.75. The van der Waals surface area contributed by atoms with Gasteiger partial charge < -0.3 is 19.7 Å². The highest BCUT2D eigenvalue weighted by Gasteiger charge is 2.08. The first-order valence-electron chi connectivity index (χ1n) is 7.82. The molecule has 0 spiro atoms. The van der Waals surface area contributed by atoms with Gasteiger partial charge in [-0.1, -0.05) is 0 Å². The molecule has 6 nitrogen and oxygen atoms in total. The summed E-state index contributed by atoms with van der Waals surface area (Å²) in [4.78, 5) is 25.7.